The van der Waals surface area contributed by atoms with Crippen molar-refractivity contribution in [3.8, 4) is 0 Å². The first kappa shape index (κ1) is 15.1. The molecule has 18 heavy (non-hydrogen) atoms. The Morgan fingerprint density at radius 3 is 2.78 bits per heavy atom. The Kier molecular flexibility index (Phi) is 6.30. The van der Waals surface area contributed by atoms with E-state index in [0.29, 0.717) is 12.2 Å². The zero-order valence-electron chi connectivity index (χ0n) is 9.27. The Balaban J connectivity index is 2.48. The molecule has 0 unspecified atom stereocenters. The lowest BCUT2D eigenvalue weighted by molar-refractivity contribution is -0.141. The normalized spacial score (nSPS) is 12.4. The van der Waals surface area contributed by atoms with E-state index in [2.05, 4.69) is 47.6 Å². The first-order valence-corrected chi connectivity index (χ1v) is 6.49. The summed E-state index contributed by atoms with van der Waals surface area (Å²) in [5.41, 5.74) is 0.658. The summed E-state index contributed by atoms with van der Waals surface area (Å²) in [5, 5.41) is 11.5. The number of aromatic nitrogens is 2. The van der Waals surface area contributed by atoms with Crippen LogP contribution in [0.15, 0.2) is 12.5 Å². The number of aliphatic carboxylic acids is 1. The number of halogens is 2. The molecule has 0 aromatic carbocycles. The molecule has 100 valence electrons. The number of aromatic amines is 1. The van der Waals surface area contributed by atoms with Crippen molar-refractivity contribution in [1.29, 1.82) is 0 Å². The fourth-order valence-corrected chi connectivity index (χ4v) is 1.62. The van der Waals surface area contributed by atoms with Crippen LogP contribution in [0.4, 0.5) is 0 Å². The van der Waals surface area contributed by atoms with E-state index in [9.17, 15) is 9.59 Å². The molecule has 0 saturated carbocycles. The molecule has 1 heterocycles. The van der Waals surface area contributed by atoms with E-state index >= 15 is 0 Å². The number of carboxylic acids is 1. The van der Waals surface area contributed by atoms with Crippen molar-refractivity contribution in [3.63, 3.8) is 0 Å². The summed E-state index contributed by atoms with van der Waals surface area (Å²) in [6.45, 7) is 0.419. The molecule has 0 saturated heterocycles. The molecule has 0 spiro atoms. The minimum Gasteiger partial charge on any atom is -0.480 e. The van der Waals surface area contributed by atoms with Crippen LogP contribution in [0, 0.1) is 0 Å². The summed E-state index contributed by atoms with van der Waals surface area (Å²) < 4.78 is 1.49. The van der Waals surface area contributed by atoms with Gasteiger partial charge in [0.15, 0.2) is 0 Å². The highest BCUT2D eigenvalue weighted by molar-refractivity contribution is 9.21. The third kappa shape index (κ3) is 5.61. The molecule has 1 amide bonds. The third-order valence-electron chi connectivity index (χ3n) is 2.12. The van der Waals surface area contributed by atoms with Gasteiger partial charge in [-0.05, 0) is 0 Å². The number of H-pyrrole nitrogens is 1. The Morgan fingerprint density at radius 1 is 1.56 bits per heavy atom. The van der Waals surface area contributed by atoms with E-state index in [1.165, 1.54) is 15.5 Å². The van der Waals surface area contributed by atoms with Gasteiger partial charge in [0.2, 0.25) is 5.91 Å². The van der Waals surface area contributed by atoms with E-state index in [1.807, 2.05) is 0 Å². The molecule has 0 bridgehead atoms. The summed E-state index contributed by atoms with van der Waals surface area (Å²) in [4.78, 5) is 29.1. The average Bonchev–Trinajstić information content (AvgIpc) is 2.78. The van der Waals surface area contributed by atoms with Gasteiger partial charge in [-0.3, -0.25) is 4.79 Å². The van der Waals surface area contributed by atoms with Crippen molar-refractivity contribution in [2.45, 2.75) is 18.9 Å². The number of hydrogen-bond acceptors (Lipinski definition) is 4. The van der Waals surface area contributed by atoms with Gasteiger partial charge in [-0.15, -0.1) is 0 Å². The lowest BCUT2D eigenvalue weighted by Crippen LogP contribution is -2.42. The van der Waals surface area contributed by atoms with Crippen molar-refractivity contribution >= 4 is 44.2 Å². The second-order valence-electron chi connectivity index (χ2n) is 3.52. The number of imidazole rings is 1. The van der Waals surface area contributed by atoms with Crippen LogP contribution in [0.5, 0.6) is 0 Å². The molecule has 0 aliphatic rings. The highest BCUT2D eigenvalue weighted by Crippen LogP contribution is 2.06. The maximum atomic E-state index is 11.5. The molecule has 1 aromatic rings. The van der Waals surface area contributed by atoms with Crippen LogP contribution in [0.1, 0.15) is 12.1 Å². The molecule has 0 aliphatic carbocycles. The van der Waals surface area contributed by atoms with E-state index in [-0.39, 0.29) is 18.7 Å². The number of carboxylic acid groups (broad SMARTS) is 1. The molecular formula is C9H12Br2N4O3. The van der Waals surface area contributed by atoms with Crippen LogP contribution in [0.25, 0.3) is 0 Å². The topological polar surface area (TPSA) is 98.3 Å². The molecule has 0 aliphatic heterocycles. The number of nitrogens with zero attached hydrogens (tertiary/aromatic N) is 2. The average molecular weight is 384 g/mol. The van der Waals surface area contributed by atoms with Gasteiger partial charge in [0.1, 0.15) is 6.04 Å². The predicted molar refractivity (Wildman–Crippen MR) is 71.0 cm³/mol. The second-order valence-corrected chi connectivity index (χ2v) is 6.18. The maximum absolute atomic E-state index is 11.5. The maximum Gasteiger partial charge on any atom is 0.326 e. The van der Waals surface area contributed by atoms with Crippen molar-refractivity contribution < 1.29 is 14.7 Å². The molecule has 0 fully saturated rings. The summed E-state index contributed by atoms with van der Waals surface area (Å²) in [5.74, 6) is -1.40. The van der Waals surface area contributed by atoms with Gasteiger partial charge in [0.05, 0.1) is 6.33 Å². The molecule has 7 nitrogen and oxygen atoms in total. The van der Waals surface area contributed by atoms with Gasteiger partial charge in [0.25, 0.3) is 0 Å². The van der Waals surface area contributed by atoms with Crippen LogP contribution in [-0.4, -0.2) is 42.5 Å². The summed E-state index contributed by atoms with van der Waals surface area (Å²) >= 11 is 6.17. The molecule has 1 rings (SSSR count). The largest absolute Gasteiger partial charge is 0.480 e. The Morgan fingerprint density at radius 2 is 2.28 bits per heavy atom. The first-order valence-electron chi connectivity index (χ1n) is 5.07. The Bertz CT molecular complexity index is 397. The van der Waals surface area contributed by atoms with E-state index in [1.54, 1.807) is 0 Å². The molecule has 1 atom stereocenters. The number of hydrogen-bond donors (Lipinski definition) is 3. The van der Waals surface area contributed by atoms with E-state index < -0.39 is 12.0 Å². The first-order chi connectivity index (χ1) is 8.49. The van der Waals surface area contributed by atoms with E-state index in [4.69, 9.17) is 5.11 Å². The van der Waals surface area contributed by atoms with Crippen LogP contribution in [0.3, 0.4) is 0 Å². The summed E-state index contributed by atoms with van der Waals surface area (Å²) in [6.07, 6.45) is 3.35. The van der Waals surface area contributed by atoms with E-state index in [0.717, 1.165) is 0 Å². The summed E-state index contributed by atoms with van der Waals surface area (Å²) in [7, 11) is 0. The van der Waals surface area contributed by atoms with Crippen molar-refractivity contribution in [2.24, 2.45) is 0 Å². The predicted octanol–water partition coefficient (Wildman–Crippen LogP) is 0.834. The minimum absolute atomic E-state index is 0.174. The van der Waals surface area contributed by atoms with Crippen molar-refractivity contribution in [3.05, 3.63) is 18.2 Å². The summed E-state index contributed by atoms with van der Waals surface area (Å²) in [6, 6.07) is -0.961. The highest BCUT2D eigenvalue weighted by Gasteiger charge is 2.20. The number of nitrogens with one attached hydrogen (secondary N) is 2. The van der Waals surface area contributed by atoms with Gasteiger partial charge in [0, 0.05) is 63.6 Å². The Hall–Kier alpha value is -0.930. The molecule has 1 aromatic heterocycles. The zero-order valence-corrected chi connectivity index (χ0v) is 12.4. The van der Waals surface area contributed by atoms with Crippen LogP contribution < -0.4 is 5.32 Å². The quantitative estimate of drug-likeness (QED) is 0.606. The van der Waals surface area contributed by atoms with Crippen LogP contribution in [0.2, 0.25) is 0 Å². The number of rotatable bonds is 7. The standard InChI is InChI=1S/C9H12Br2N4O3/c10-15(11)2-1-8(16)14-7(9(17)18)3-6-4-12-5-13-6/h4-5,7H,1-3H2,(H,12,13)(H,14,16)(H,17,18)/t7-/m0/s1. The SMILES string of the molecule is O=C(CCN(Br)Br)N[C@@H](Cc1cnc[nH]1)C(=O)O. The van der Waals surface area contributed by atoms with Gasteiger partial charge in [-0.25, -0.2) is 9.78 Å². The van der Waals surface area contributed by atoms with Gasteiger partial charge in [-0.2, -0.15) is 2.95 Å². The fourth-order valence-electron chi connectivity index (χ4n) is 1.27. The van der Waals surface area contributed by atoms with Crippen LogP contribution >= 0.6 is 32.3 Å². The van der Waals surface area contributed by atoms with Gasteiger partial charge in [-0.1, -0.05) is 0 Å². The smallest absolute Gasteiger partial charge is 0.326 e. The highest BCUT2D eigenvalue weighted by atomic mass is 79.9. The van der Waals surface area contributed by atoms with Crippen molar-refractivity contribution in [1.82, 2.24) is 18.2 Å². The lowest BCUT2D eigenvalue weighted by atomic mass is 10.1. The van der Waals surface area contributed by atoms with Gasteiger partial charge >= 0.3 is 5.97 Å². The molecule has 3 N–H and O–H groups in total. The fraction of sp³-hybridized carbons (Fsp3) is 0.444. The minimum atomic E-state index is -1.08. The molecule has 0 radical (unpaired) electrons. The molecular weight excluding hydrogens is 372 g/mol. The van der Waals surface area contributed by atoms with Crippen LogP contribution in [-0.2, 0) is 16.0 Å². The number of carbonyl (C=O) groups is 2. The third-order valence-corrected chi connectivity index (χ3v) is 2.83. The van der Waals surface area contributed by atoms with Gasteiger partial charge < -0.3 is 15.4 Å². The number of amides is 1. The monoisotopic (exact) mass is 382 g/mol. The molecule has 9 heteroatoms. The Labute approximate surface area is 121 Å². The zero-order chi connectivity index (χ0) is 13.5. The second kappa shape index (κ2) is 7.49. The number of carbonyl (C=O) groups excluding carboxylic acids is 1. The lowest BCUT2D eigenvalue weighted by Gasteiger charge is -2.14. The van der Waals surface area contributed by atoms with Crippen molar-refractivity contribution in [2.75, 3.05) is 6.54 Å².